The van der Waals surface area contributed by atoms with Gasteiger partial charge in [-0.2, -0.15) is 13.2 Å². The first-order valence-corrected chi connectivity index (χ1v) is 8.73. The monoisotopic (exact) mass is 403 g/mol. The molecule has 2 unspecified atom stereocenters. The summed E-state index contributed by atoms with van der Waals surface area (Å²) in [6.07, 6.45) is -3.79. The molecule has 3 aliphatic heterocycles. The van der Waals surface area contributed by atoms with Crippen molar-refractivity contribution in [3.8, 4) is 0 Å². The highest BCUT2D eigenvalue weighted by atomic mass is 35.5. The molecule has 27 heavy (non-hydrogen) atoms. The lowest BCUT2D eigenvalue weighted by molar-refractivity contribution is -0.137. The number of nitrogens with one attached hydrogen (secondary N) is 3. The van der Waals surface area contributed by atoms with Crippen LogP contribution in [0.2, 0.25) is 5.02 Å². The molecule has 146 valence electrons. The first-order chi connectivity index (χ1) is 12.8. The van der Waals surface area contributed by atoms with Crippen molar-refractivity contribution in [2.24, 2.45) is 0 Å². The van der Waals surface area contributed by atoms with E-state index in [0.717, 1.165) is 12.1 Å². The number of hydrogen-bond donors (Lipinski definition) is 3. The number of morpholine rings is 1. The molecule has 1 aromatic rings. The number of benzene rings is 1. The number of anilines is 1. The van der Waals surface area contributed by atoms with Crippen molar-refractivity contribution >= 4 is 23.2 Å². The summed E-state index contributed by atoms with van der Waals surface area (Å²) in [4.78, 5) is 14.5. The third kappa shape index (κ3) is 3.63. The van der Waals surface area contributed by atoms with Crippen LogP contribution in [0.5, 0.6) is 0 Å². The van der Waals surface area contributed by atoms with Gasteiger partial charge in [-0.3, -0.25) is 20.0 Å². The summed E-state index contributed by atoms with van der Waals surface area (Å²) in [6.45, 7) is 2.53. The Bertz CT molecular complexity index is 782. The maximum absolute atomic E-state index is 12.8. The molecule has 0 spiro atoms. The number of carbonyl (C=O) groups is 1. The average molecular weight is 404 g/mol. The molecular weight excluding hydrogens is 387 g/mol. The van der Waals surface area contributed by atoms with Gasteiger partial charge in [0.25, 0.3) is 5.91 Å². The van der Waals surface area contributed by atoms with Crippen molar-refractivity contribution in [2.75, 3.05) is 31.3 Å². The van der Waals surface area contributed by atoms with Crippen LogP contribution in [-0.2, 0) is 15.7 Å². The molecule has 3 aliphatic rings. The Labute approximate surface area is 158 Å². The van der Waals surface area contributed by atoms with E-state index in [9.17, 15) is 18.0 Å². The molecule has 7 nitrogen and oxygen atoms in total. The number of nitrogens with zero attached hydrogens (tertiary/aromatic N) is 2. The zero-order chi connectivity index (χ0) is 19.2. The lowest BCUT2D eigenvalue weighted by Crippen LogP contribution is -2.68. The number of amides is 1. The predicted molar refractivity (Wildman–Crippen MR) is 91.4 cm³/mol. The van der Waals surface area contributed by atoms with Crippen molar-refractivity contribution in [2.45, 2.75) is 18.6 Å². The first kappa shape index (κ1) is 18.5. The molecule has 1 aromatic carbocycles. The highest BCUT2D eigenvalue weighted by Gasteiger charge is 2.39. The number of ether oxygens (including phenoxy) is 1. The van der Waals surface area contributed by atoms with Gasteiger partial charge in [-0.1, -0.05) is 11.6 Å². The number of rotatable bonds is 2. The molecule has 4 rings (SSSR count). The second-order valence-corrected chi connectivity index (χ2v) is 6.78. The quantitative estimate of drug-likeness (QED) is 0.690. The van der Waals surface area contributed by atoms with Gasteiger partial charge in [0.2, 0.25) is 0 Å². The van der Waals surface area contributed by atoms with E-state index >= 15 is 0 Å². The van der Waals surface area contributed by atoms with E-state index in [0.29, 0.717) is 37.6 Å². The van der Waals surface area contributed by atoms with E-state index in [1.807, 2.05) is 4.90 Å². The summed E-state index contributed by atoms with van der Waals surface area (Å²) >= 11 is 6.05. The average Bonchev–Trinajstić information content (AvgIpc) is 3.06. The normalized spacial score (nSPS) is 26.6. The van der Waals surface area contributed by atoms with Crippen LogP contribution in [0.4, 0.5) is 18.9 Å². The van der Waals surface area contributed by atoms with Crippen LogP contribution in [0, 0.1) is 0 Å². The minimum atomic E-state index is -4.47. The molecule has 0 aliphatic carbocycles. The zero-order valence-corrected chi connectivity index (χ0v) is 14.8. The number of halogens is 4. The third-order valence-corrected chi connectivity index (χ3v) is 4.95. The van der Waals surface area contributed by atoms with Gasteiger partial charge in [-0.25, -0.2) is 5.43 Å². The fourth-order valence-corrected chi connectivity index (χ4v) is 3.50. The number of hydrazine groups is 1. The third-order valence-electron chi connectivity index (χ3n) is 4.65. The molecule has 0 aromatic heterocycles. The van der Waals surface area contributed by atoms with Crippen LogP contribution >= 0.6 is 11.6 Å². The molecule has 0 bridgehead atoms. The van der Waals surface area contributed by atoms with Gasteiger partial charge in [0.1, 0.15) is 12.5 Å². The summed E-state index contributed by atoms with van der Waals surface area (Å²) in [5, 5.41) is 7.53. The van der Waals surface area contributed by atoms with E-state index in [4.69, 9.17) is 16.3 Å². The second-order valence-electron chi connectivity index (χ2n) is 6.37. The van der Waals surface area contributed by atoms with Crippen molar-refractivity contribution < 1.29 is 22.7 Å². The van der Waals surface area contributed by atoms with Crippen LogP contribution in [0.1, 0.15) is 5.56 Å². The molecule has 2 atom stereocenters. The summed E-state index contributed by atoms with van der Waals surface area (Å²) in [7, 11) is 0. The standard InChI is InChI=1S/C16H17ClF3N5O2/c17-11-7-9(16(18,19)20)1-2-12(11)25-8-10-13(23-25)21-15(22-14(10)26)24-3-5-27-6-4-24/h1-2,7-8,13,15,21,23H,3-6H2,(H,22,26). The minimum Gasteiger partial charge on any atom is -0.379 e. The van der Waals surface area contributed by atoms with Crippen LogP contribution in [0.25, 0.3) is 0 Å². The highest BCUT2D eigenvalue weighted by Crippen LogP contribution is 2.36. The number of alkyl halides is 3. The van der Waals surface area contributed by atoms with E-state index in [1.54, 1.807) is 0 Å². The van der Waals surface area contributed by atoms with Crippen LogP contribution < -0.4 is 21.1 Å². The lowest BCUT2D eigenvalue weighted by atomic mass is 10.1. The molecule has 11 heteroatoms. The van der Waals surface area contributed by atoms with Gasteiger partial charge < -0.3 is 10.1 Å². The van der Waals surface area contributed by atoms with E-state index in [1.165, 1.54) is 17.3 Å². The topological polar surface area (TPSA) is 68.9 Å². The molecule has 0 saturated carbocycles. The molecular formula is C16H17ClF3N5O2. The van der Waals surface area contributed by atoms with E-state index in [2.05, 4.69) is 16.1 Å². The van der Waals surface area contributed by atoms with Gasteiger partial charge in [0.05, 0.1) is 35.1 Å². The smallest absolute Gasteiger partial charge is 0.379 e. The zero-order valence-electron chi connectivity index (χ0n) is 14.0. The highest BCUT2D eigenvalue weighted by molar-refractivity contribution is 6.33. The van der Waals surface area contributed by atoms with E-state index < -0.39 is 17.9 Å². The Kier molecular flexibility index (Phi) is 4.77. The predicted octanol–water partition coefficient (Wildman–Crippen LogP) is 1.23. The van der Waals surface area contributed by atoms with Crippen LogP contribution in [0.3, 0.4) is 0 Å². The van der Waals surface area contributed by atoms with Gasteiger partial charge >= 0.3 is 6.18 Å². The molecule has 2 fully saturated rings. The van der Waals surface area contributed by atoms with Crippen molar-refractivity contribution in [1.82, 2.24) is 21.0 Å². The maximum Gasteiger partial charge on any atom is 0.416 e. The Morgan fingerprint density at radius 2 is 1.96 bits per heavy atom. The maximum atomic E-state index is 12.8. The molecule has 3 N–H and O–H groups in total. The fraction of sp³-hybridized carbons (Fsp3) is 0.438. The first-order valence-electron chi connectivity index (χ1n) is 8.35. The van der Waals surface area contributed by atoms with E-state index in [-0.39, 0.29) is 17.2 Å². The second kappa shape index (κ2) is 6.95. The molecule has 0 radical (unpaired) electrons. The number of fused-ring (bicyclic) bond motifs is 1. The van der Waals surface area contributed by atoms with Crippen molar-refractivity contribution in [3.05, 3.63) is 40.6 Å². The van der Waals surface area contributed by atoms with Gasteiger partial charge in [-0.05, 0) is 18.2 Å². The SMILES string of the molecule is O=C1NC(N2CCOCC2)NC2NN(c3ccc(C(F)(F)F)cc3Cl)C=C12. The van der Waals surface area contributed by atoms with Crippen molar-refractivity contribution in [1.29, 1.82) is 0 Å². The number of hydrogen-bond acceptors (Lipinski definition) is 6. The molecule has 3 heterocycles. The lowest BCUT2D eigenvalue weighted by Gasteiger charge is -2.40. The van der Waals surface area contributed by atoms with Crippen LogP contribution in [0.15, 0.2) is 30.0 Å². The van der Waals surface area contributed by atoms with Gasteiger partial charge in [-0.15, -0.1) is 0 Å². The Balaban J connectivity index is 1.52. The fourth-order valence-electron chi connectivity index (χ4n) is 3.23. The van der Waals surface area contributed by atoms with Crippen molar-refractivity contribution in [3.63, 3.8) is 0 Å². The van der Waals surface area contributed by atoms with Gasteiger partial charge in [0, 0.05) is 19.3 Å². The summed E-state index contributed by atoms with van der Waals surface area (Å²) in [6, 6.07) is 3.08. The molecule has 1 amide bonds. The Hall–Kier alpha value is -1.85. The number of carbonyl (C=O) groups excluding carboxylic acids is 1. The minimum absolute atomic E-state index is 0.0713. The summed E-state index contributed by atoms with van der Waals surface area (Å²) in [5.41, 5.74) is 2.97. The Morgan fingerprint density at radius 1 is 1.22 bits per heavy atom. The Morgan fingerprint density at radius 3 is 2.63 bits per heavy atom. The largest absolute Gasteiger partial charge is 0.416 e. The van der Waals surface area contributed by atoms with Gasteiger partial charge in [0.15, 0.2) is 0 Å². The summed E-state index contributed by atoms with van der Waals surface area (Å²) in [5.74, 6) is -0.256. The summed E-state index contributed by atoms with van der Waals surface area (Å²) < 4.78 is 43.8. The van der Waals surface area contributed by atoms with Crippen LogP contribution in [-0.4, -0.2) is 49.6 Å². The molecule has 2 saturated heterocycles.